The molecule has 1 atom stereocenters. The maximum absolute atomic E-state index is 14.2. The van der Waals surface area contributed by atoms with Gasteiger partial charge in [0, 0.05) is 25.3 Å². The third-order valence-electron chi connectivity index (χ3n) is 3.97. The molecule has 0 bridgehead atoms. The van der Waals surface area contributed by atoms with E-state index < -0.39 is 0 Å². The monoisotopic (exact) mass is 234 g/mol. The Morgan fingerprint density at radius 2 is 2.18 bits per heavy atom. The molecule has 17 heavy (non-hydrogen) atoms. The zero-order chi connectivity index (χ0) is 12.0. The number of benzene rings is 1. The average molecular weight is 234 g/mol. The third kappa shape index (κ3) is 1.56. The molecule has 3 heteroatoms. The Hall–Kier alpha value is -1.38. The minimum atomic E-state index is -0.131. The number of rotatable bonds is 1. The van der Waals surface area contributed by atoms with E-state index in [0.717, 1.165) is 36.9 Å². The molecule has 90 valence electrons. The molecule has 0 N–H and O–H groups in total. The molecule has 2 nitrogen and oxygen atoms in total. The van der Waals surface area contributed by atoms with Gasteiger partial charge < -0.3 is 4.74 Å². The van der Waals surface area contributed by atoms with Crippen molar-refractivity contribution < 1.29 is 13.7 Å². The van der Waals surface area contributed by atoms with Crippen LogP contribution in [0.15, 0.2) is 12.1 Å². The maximum Gasteiger partial charge on any atom is 0.187 e. The molecule has 0 saturated carbocycles. The standard InChI is InChI=1S/C14H17FNO/c1-9-3-4-13-14-10(5-6-16(9)13)7-11(17-2)8-12(14)15/h7-9H,3-6H2,1-2H3/q+1. The summed E-state index contributed by atoms with van der Waals surface area (Å²) < 4.78 is 21.6. The van der Waals surface area contributed by atoms with Gasteiger partial charge in [-0.1, -0.05) is 0 Å². The fourth-order valence-electron chi connectivity index (χ4n) is 3.05. The van der Waals surface area contributed by atoms with Gasteiger partial charge in [-0.2, -0.15) is 0 Å². The van der Waals surface area contributed by atoms with Gasteiger partial charge in [0.1, 0.15) is 18.1 Å². The fourth-order valence-corrected chi connectivity index (χ4v) is 3.05. The number of fused-ring (bicyclic) bond motifs is 2. The Morgan fingerprint density at radius 3 is 2.94 bits per heavy atom. The van der Waals surface area contributed by atoms with Crippen LogP contribution in [0.4, 0.5) is 4.39 Å². The lowest BCUT2D eigenvalue weighted by Gasteiger charge is -2.17. The minimum absolute atomic E-state index is 0.131. The molecule has 2 aliphatic rings. The van der Waals surface area contributed by atoms with E-state index in [0.29, 0.717) is 11.8 Å². The lowest BCUT2D eigenvalue weighted by atomic mass is 9.95. The van der Waals surface area contributed by atoms with Crippen LogP contribution in [0.2, 0.25) is 0 Å². The Morgan fingerprint density at radius 1 is 1.35 bits per heavy atom. The molecule has 0 aliphatic carbocycles. The molecule has 0 radical (unpaired) electrons. The maximum atomic E-state index is 14.2. The van der Waals surface area contributed by atoms with Gasteiger partial charge in [-0.3, -0.25) is 0 Å². The normalized spacial score (nSPS) is 22.4. The second-order valence-electron chi connectivity index (χ2n) is 4.92. The third-order valence-corrected chi connectivity index (χ3v) is 3.97. The molecule has 1 unspecified atom stereocenters. The van der Waals surface area contributed by atoms with Gasteiger partial charge in [-0.25, -0.2) is 8.97 Å². The Labute approximate surface area is 101 Å². The van der Waals surface area contributed by atoms with Crippen molar-refractivity contribution in [1.82, 2.24) is 0 Å². The summed E-state index contributed by atoms with van der Waals surface area (Å²) in [5.41, 5.74) is 3.13. The number of halogens is 1. The van der Waals surface area contributed by atoms with Crippen LogP contribution in [0.1, 0.15) is 30.9 Å². The van der Waals surface area contributed by atoms with E-state index in [-0.39, 0.29) is 5.82 Å². The zero-order valence-corrected chi connectivity index (χ0v) is 10.3. The van der Waals surface area contributed by atoms with Gasteiger partial charge in [0.2, 0.25) is 0 Å². The molecule has 1 aromatic rings. The first kappa shape index (κ1) is 10.8. The molecule has 0 saturated heterocycles. The summed E-state index contributed by atoms with van der Waals surface area (Å²) >= 11 is 0. The summed E-state index contributed by atoms with van der Waals surface area (Å²) in [6, 6.07) is 4.03. The molecule has 1 aromatic carbocycles. The highest BCUT2D eigenvalue weighted by Gasteiger charge is 2.36. The van der Waals surface area contributed by atoms with Gasteiger partial charge in [-0.05, 0) is 18.6 Å². The molecule has 3 rings (SSSR count). The SMILES string of the molecule is COc1cc(F)c2c(c1)CC[N+]1=C2CCC1C. The highest BCUT2D eigenvalue weighted by Crippen LogP contribution is 2.30. The molecule has 0 amide bonds. The van der Waals surface area contributed by atoms with E-state index in [1.54, 1.807) is 7.11 Å². The highest BCUT2D eigenvalue weighted by molar-refractivity contribution is 5.99. The van der Waals surface area contributed by atoms with Crippen LogP contribution in [0.3, 0.4) is 0 Å². The van der Waals surface area contributed by atoms with Crippen LogP contribution in [-0.4, -0.2) is 30.0 Å². The van der Waals surface area contributed by atoms with Crippen molar-refractivity contribution in [2.24, 2.45) is 0 Å². The summed E-state index contributed by atoms with van der Waals surface area (Å²) in [7, 11) is 1.58. The zero-order valence-electron chi connectivity index (χ0n) is 10.3. The van der Waals surface area contributed by atoms with E-state index in [1.807, 2.05) is 6.07 Å². The van der Waals surface area contributed by atoms with E-state index in [1.165, 1.54) is 11.8 Å². The summed E-state index contributed by atoms with van der Waals surface area (Å²) in [5.74, 6) is 0.495. The summed E-state index contributed by atoms with van der Waals surface area (Å²) in [5, 5.41) is 0. The van der Waals surface area contributed by atoms with Crippen LogP contribution >= 0.6 is 0 Å². The van der Waals surface area contributed by atoms with Crippen molar-refractivity contribution in [3.63, 3.8) is 0 Å². The van der Waals surface area contributed by atoms with Crippen LogP contribution in [-0.2, 0) is 6.42 Å². The molecule has 2 aliphatic heterocycles. The smallest absolute Gasteiger partial charge is 0.187 e. The molecule has 0 aromatic heterocycles. The summed E-state index contributed by atoms with van der Waals surface area (Å²) in [6.45, 7) is 3.23. The summed E-state index contributed by atoms with van der Waals surface area (Å²) in [4.78, 5) is 0. The molecule has 0 fully saturated rings. The van der Waals surface area contributed by atoms with E-state index in [9.17, 15) is 4.39 Å². The van der Waals surface area contributed by atoms with Gasteiger partial charge in [0.25, 0.3) is 0 Å². The number of hydrogen-bond acceptors (Lipinski definition) is 1. The van der Waals surface area contributed by atoms with Gasteiger partial charge in [0.05, 0.1) is 12.7 Å². The number of ether oxygens (including phenoxy) is 1. The molecule has 2 heterocycles. The Balaban J connectivity index is 2.16. The number of nitrogens with zero attached hydrogens (tertiary/aromatic N) is 1. The summed E-state index contributed by atoms with van der Waals surface area (Å²) in [6.07, 6.45) is 3.05. The van der Waals surface area contributed by atoms with Crippen LogP contribution in [0.25, 0.3) is 0 Å². The van der Waals surface area contributed by atoms with Crippen molar-refractivity contribution in [1.29, 1.82) is 0 Å². The highest BCUT2D eigenvalue weighted by atomic mass is 19.1. The van der Waals surface area contributed by atoms with E-state index in [2.05, 4.69) is 11.5 Å². The van der Waals surface area contributed by atoms with Crippen molar-refractivity contribution in [2.75, 3.05) is 13.7 Å². The van der Waals surface area contributed by atoms with Gasteiger partial charge in [0.15, 0.2) is 11.8 Å². The minimum Gasteiger partial charge on any atom is -0.497 e. The molecular weight excluding hydrogens is 217 g/mol. The van der Waals surface area contributed by atoms with Crippen LogP contribution in [0, 0.1) is 5.82 Å². The second kappa shape index (κ2) is 3.83. The largest absolute Gasteiger partial charge is 0.497 e. The lowest BCUT2D eigenvalue weighted by molar-refractivity contribution is -0.555. The predicted octanol–water partition coefficient (Wildman–Crippen LogP) is 2.37. The van der Waals surface area contributed by atoms with Gasteiger partial charge in [-0.15, -0.1) is 0 Å². The topological polar surface area (TPSA) is 12.2 Å². The lowest BCUT2D eigenvalue weighted by Crippen LogP contribution is -2.30. The van der Waals surface area contributed by atoms with Crippen LogP contribution in [0.5, 0.6) is 5.75 Å². The fraction of sp³-hybridized carbons (Fsp3) is 0.500. The van der Waals surface area contributed by atoms with Crippen molar-refractivity contribution in [3.05, 3.63) is 29.1 Å². The number of methoxy groups -OCH3 is 1. The van der Waals surface area contributed by atoms with Crippen LogP contribution < -0.4 is 4.74 Å². The average Bonchev–Trinajstić information content (AvgIpc) is 2.70. The number of hydrogen-bond donors (Lipinski definition) is 0. The predicted molar refractivity (Wildman–Crippen MR) is 64.6 cm³/mol. The first-order valence-electron chi connectivity index (χ1n) is 6.20. The van der Waals surface area contributed by atoms with Crippen molar-refractivity contribution >= 4 is 5.71 Å². The van der Waals surface area contributed by atoms with E-state index >= 15 is 0 Å². The Bertz CT molecular complexity index is 507. The van der Waals surface area contributed by atoms with E-state index in [4.69, 9.17) is 4.74 Å². The van der Waals surface area contributed by atoms with Crippen molar-refractivity contribution in [2.45, 2.75) is 32.2 Å². The molecular formula is C14H17FNO+. The Kier molecular flexibility index (Phi) is 2.42. The molecule has 0 spiro atoms. The first-order valence-corrected chi connectivity index (χ1v) is 6.20. The van der Waals surface area contributed by atoms with Gasteiger partial charge >= 0.3 is 0 Å². The first-order chi connectivity index (χ1) is 8.20. The quantitative estimate of drug-likeness (QED) is 0.679. The van der Waals surface area contributed by atoms with Crippen molar-refractivity contribution in [3.8, 4) is 5.75 Å². The second-order valence-corrected chi connectivity index (χ2v) is 4.92.